The van der Waals surface area contributed by atoms with Gasteiger partial charge in [0.05, 0.1) is 7.11 Å². The highest BCUT2D eigenvalue weighted by molar-refractivity contribution is 5.58. The number of aryl methyl sites for hydroxylation is 1. The van der Waals surface area contributed by atoms with Crippen LogP contribution in [0.1, 0.15) is 5.56 Å². The Hall–Kier alpha value is -1.67. The number of methoxy groups -OCH3 is 1. The molecule has 0 heterocycles. The SMILES string of the molecule is COc1cc(C)c(F)cc1N=C=O. The normalized spacial score (nSPS) is 9.15. The van der Waals surface area contributed by atoms with Crippen molar-refractivity contribution in [2.24, 2.45) is 4.99 Å². The average molecular weight is 181 g/mol. The van der Waals surface area contributed by atoms with E-state index in [4.69, 9.17) is 4.74 Å². The van der Waals surface area contributed by atoms with E-state index in [0.717, 1.165) is 6.07 Å². The fraction of sp³-hybridized carbons (Fsp3) is 0.222. The highest BCUT2D eigenvalue weighted by atomic mass is 19.1. The van der Waals surface area contributed by atoms with E-state index in [1.54, 1.807) is 6.92 Å². The molecular formula is C9H8FNO2. The summed E-state index contributed by atoms with van der Waals surface area (Å²) in [6.07, 6.45) is 1.33. The second-order valence-corrected chi connectivity index (χ2v) is 2.48. The van der Waals surface area contributed by atoms with Crippen molar-refractivity contribution in [2.45, 2.75) is 6.92 Å². The van der Waals surface area contributed by atoms with Crippen molar-refractivity contribution >= 4 is 11.8 Å². The smallest absolute Gasteiger partial charge is 0.240 e. The summed E-state index contributed by atoms with van der Waals surface area (Å²) in [5.41, 5.74) is 0.599. The molecule has 13 heavy (non-hydrogen) atoms. The molecule has 0 aliphatic carbocycles. The molecule has 0 aliphatic rings. The zero-order chi connectivity index (χ0) is 9.84. The number of ether oxygens (including phenoxy) is 1. The van der Waals surface area contributed by atoms with Gasteiger partial charge < -0.3 is 4.74 Å². The number of aliphatic imine (C=N–C) groups is 1. The van der Waals surface area contributed by atoms with Crippen molar-refractivity contribution in [1.82, 2.24) is 0 Å². The predicted octanol–water partition coefficient (Wildman–Crippen LogP) is 2.11. The lowest BCUT2D eigenvalue weighted by Gasteiger charge is -2.04. The van der Waals surface area contributed by atoms with Crippen molar-refractivity contribution in [3.63, 3.8) is 0 Å². The van der Waals surface area contributed by atoms with Crippen molar-refractivity contribution < 1.29 is 13.9 Å². The van der Waals surface area contributed by atoms with Crippen LogP contribution < -0.4 is 4.74 Å². The summed E-state index contributed by atoms with van der Waals surface area (Å²) in [5.74, 6) is -0.0583. The van der Waals surface area contributed by atoms with Crippen molar-refractivity contribution in [2.75, 3.05) is 7.11 Å². The number of carbonyl (C=O) groups excluding carboxylic acids is 1. The maximum atomic E-state index is 13.0. The van der Waals surface area contributed by atoms with E-state index in [-0.39, 0.29) is 5.69 Å². The van der Waals surface area contributed by atoms with Gasteiger partial charge in [0.25, 0.3) is 0 Å². The molecular weight excluding hydrogens is 173 g/mol. The fourth-order valence-corrected chi connectivity index (χ4v) is 0.945. The highest BCUT2D eigenvalue weighted by Gasteiger charge is 2.06. The first-order valence-electron chi connectivity index (χ1n) is 3.61. The molecule has 3 nitrogen and oxygen atoms in total. The Kier molecular flexibility index (Phi) is 2.77. The third-order valence-electron chi connectivity index (χ3n) is 1.63. The van der Waals surface area contributed by atoms with Gasteiger partial charge in [0.2, 0.25) is 6.08 Å². The van der Waals surface area contributed by atoms with Gasteiger partial charge in [-0.25, -0.2) is 9.18 Å². The molecule has 0 saturated heterocycles. The van der Waals surface area contributed by atoms with Gasteiger partial charge >= 0.3 is 0 Å². The number of isocyanates is 1. The Morgan fingerprint density at radius 3 is 2.77 bits per heavy atom. The van der Waals surface area contributed by atoms with Gasteiger partial charge in [-0.1, -0.05) is 0 Å². The standard InChI is InChI=1S/C9H8FNO2/c1-6-3-9(13-2)8(11-5-12)4-7(6)10/h3-4H,1-2H3. The van der Waals surface area contributed by atoms with Crippen LogP contribution in [0, 0.1) is 12.7 Å². The van der Waals surface area contributed by atoms with E-state index in [1.165, 1.54) is 19.3 Å². The second kappa shape index (κ2) is 3.83. The molecule has 0 unspecified atom stereocenters. The minimum Gasteiger partial charge on any atom is -0.494 e. The molecule has 68 valence electrons. The molecule has 1 aromatic rings. The molecule has 0 fully saturated rings. The van der Waals surface area contributed by atoms with Gasteiger partial charge in [0, 0.05) is 6.07 Å². The van der Waals surface area contributed by atoms with Crippen molar-refractivity contribution in [1.29, 1.82) is 0 Å². The van der Waals surface area contributed by atoms with Crippen LogP contribution in [-0.2, 0) is 4.79 Å². The first kappa shape index (κ1) is 9.42. The average Bonchev–Trinajstić information content (AvgIpc) is 2.11. The quantitative estimate of drug-likeness (QED) is 0.517. The van der Waals surface area contributed by atoms with E-state index < -0.39 is 5.82 Å². The molecule has 0 atom stereocenters. The monoisotopic (exact) mass is 181 g/mol. The Labute approximate surface area is 74.9 Å². The molecule has 1 aromatic carbocycles. The molecule has 0 saturated carbocycles. The van der Waals surface area contributed by atoms with Gasteiger partial charge in [0.15, 0.2) is 0 Å². The molecule has 0 spiro atoms. The van der Waals surface area contributed by atoms with Gasteiger partial charge in [-0.2, -0.15) is 4.99 Å². The van der Waals surface area contributed by atoms with Crippen molar-refractivity contribution in [3.05, 3.63) is 23.5 Å². The summed E-state index contributed by atoms with van der Waals surface area (Å²) in [6.45, 7) is 1.60. The lowest BCUT2D eigenvalue weighted by molar-refractivity contribution is 0.414. The van der Waals surface area contributed by atoms with E-state index in [2.05, 4.69) is 4.99 Å². The number of benzene rings is 1. The molecule has 0 aliphatic heterocycles. The molecule has 0 amide bonds. The van der Waals surface area contributed by atoms with E-state index in [1.807, 2.05) is 0 Å². The summed E-state index contributed by atoms with van der Waals surface area (Å²) in [7, 11) is 1.43. The topological polar surface area (TPSA) is 38.7 Å². The number of hydrogen-bond donors (Lipinski definition) is 0. The third kappa shape index (κ3) is 1.92. The van der Waals surface area contributed by atoms with Crippen LogP contribution in [-0.4, -0.2) is 13.2 Å². The highest BCUT2D eigenvalue weighted by Crippen LogP contribution is 2.29. The number of hydrogen-bond acceptors (Lipinski definition) is 3. The van der Waals surface area contributed by atoms with Crippen LogP contribution in [0.15, 0.2) is 17.1 Å². The maximum absolute atomic E-state index is 13.0. The first-order chi connectivity index (χ1) is 6.19. The van der Waals surface area contributed by atoms with E-state index >= 15 is 0 Å². The van der Waals surface area contributed by atoms with Crippen LogP contribution in [0.2, 0.25) is 0 Å². The summed E-state index contributed by atoms with van der Waals surface area (Å²) in [5, 5.41) is 0. The lowest BCUT2D eigenvalue weighted by Crippen LogP contribution is -1.88. The molecule has 0 N–H and O–H groups in total. The molecule has 0 radical (unpaired) electrons. The Morgan fingerprint density at radius 2 is 2.23 bits per heavy atom. The number of nitrogens with zero attached hydrogens (tertiary/aromatic N) is 1. The maximum Gasteiger partial charge on any atom is 0.240 e. The number of rotatable bonds is 2. The van der Waals surface area contributed by atoms with Gasteiger partial charge in [-0.05, 0) is 18.6 Å². The largest absolute Gasteiger partial charge is 0.494 e. The predicted molar refractivity (Wildman–Crippen MR) is 45.5 cm³/mol. The zero-order valence-corrected chi connectivity index (χ0v) is 7.30. The van der Waals surface area contributed by atoms with Gasteiger partial charge in [-0.15, -0.1) is 0 Å². The van der Waals surface area contributed by atoms with E-state index in [9.17, 15) is 9.18 Å². The fourth-order valence-electron chi connectivity index (χ4n) is 0.945. The van der Waals surface area contributed by atoms with Crippen LogP contribution in [0.5, 0.6) is 5.75 Å². The Balaban J connectivity index is 3.32. The summed E-state index contributed by atoms with van der Waals surface area (Å²) < 4.78 is 17.9. The third-order valence-corrected chi connectivity index (χ3v) is 1.63. The van der Waals surface area contributed by atoms with Crippen molar-refractivity contribution in [3.8, 4) is 5.75 Å². The summed E-state index contributed by atoms with van der Waals surface area (Å²) >= 11 is 0. The van der Waals surface area contributed by atoms with Crippen LogP contribution in [0.4, 0.5) is 10.1 Å². The lowest BCUT2D eigenvalue weighted by atomic mass is 10.2. The van der Waals surface area contributed by atoms with Crippen LogP contribution in [0.25, 0.3) is 0 Å². The van der Waals surface area contributed by atoms with Crippen LogP contribution >= 0.6 is 0 Å². The molecule has 0 aromatic heterocycles. The zero-order valence-electron chi connectivity index (χ0n) is 7.30. The summed E-state index contributed by atoms with van der Waals surface area (Å²) in [6, 6.07) is 2.62. The summed E-state index contributed by atoms with van der Waals surface area (Å²) in [4.78, 5) is 13.3. The molecule has 4 heteroatoms. The first-order valence-corrected chi connectivity index (χ1v) is 3.61. The molecule has 0 bridgehead atoms. The Morgan fingerprint density at radius 1 is 1.54 bits per heavy atom. The Bertz CT molecular complexity index is 370. The van der Waals surface area contributed by atoms with E-state index in [0.29, 0.717) is 11.3 Å². The number of halogens is 1. The van der Waals surface area contributed by atoms with Gasteiger partial charge in [-0.3, -0.25) is 0 Å². The second-order valence-electron chi connectivity index (χ2n) is 2.48. The van der Waals surface area contributed by atoms with Crippen LogP contribution in [0.3, 0.4) is 0 Å². The minimum absolute atomic E-state index is 0.153. The molecule has 1 rings (SSSR count). The van der Waals surface area contributed by atoms with Gasteiger partial charge in [0.1, 0.15) is 17.3 Å². The minimum atomic E-state index is -0.421.